The lowest BCUT2D eigenvalue weighted by molar-refractivity contribution is 0.0661. The van der Waals surface area contributed by atoms with Crippen molar-refractivity contribution >= 4 is 11.8 Å². The molecule has 1 aliphatic heterocycles. The number of aryl methyl sites for hydroxylation is 2. The molecule has 0 aromatic heterocycles. The summed E-state index contributed by atoms with van der Waals surface area (Å²) < 4.78 is 5.48. The van der Waals surface area contributed by atoms with Gasteiger partial charge in [0, 0.05) is 18.8 Å². The smallest absolute Gasteiger partial charge is 0.411 e. The summed E-state index contributed by atoms with van der Waals surface area (Å²) >= 11 is 0. The first kappa shape index (κ1) is 13.9. The number of nitrogens with zero attached hydrogens (tertiary/aromatic N) is 1. The molecular weight excluding hydrogens is 240 g/mol. The molecule has 1 aromatic rings. The largest absolute Gasteiger partial charge is 0.446 e. The molecule has 1 heterocycles. The van der Waals surface area contributed by atoms with Gasteiger partial charge in [-0.25, -0.2) is 4.79 Å². The molecule has 1 aliphatic rings. The summed E-state index contributed by atoms with van der Waals surface area (Å²) in [6.07, 6.45) is 1.53. The Balaban J connectivity index is 1.91. The summed E-state index contributed by atoms with van der Waals surface area (Å²) in [5.74, 6) is 0. The molecule has 1 aromatic carbocycles. The lowest BCUT2D eigenvalue weighted by Crippen LogP contribution is -2.36. The van der Waals surface area contributed by atoms with Crippen molar-refractivity contribution in [1.82, 2.24) is 4.90 Å². The third kappa shape index (κ3) is 3.70. The summed E-state index contributed by atoms with van der Waals surface area (Å²) in [6.45, 7) is 5.94. The van der Waals surface area contributed by atoms with Gasteiger partial charge in [-0.3, -0.25) is 5.32 Å². The number of nitrogens with one attached hydrogen (secondary N) is 1. The van der Waals surface area contributed by atoms with Crippen LogP contribution in [0.25, 0.3) is 0 Å². The van der Waals surface area contributed by atoms with Crippen LogP contribution in [0.3, 0.4) is 0 Å². The molecule has 1 N–H and O–H groups in total. The zero-order valence-corrected chi connectivity index (χ0v) is 11.9. The molecule has 0 radical (unpaired) electrons. The van der Waals surface area contributed by atoms with Crippen molar-refractivity contribution in [2.75, 3.05) is 25.5 Å². The average Bonchev–Trinajstić information content (AvgIpc) is 2.37. The van der Waals surface area contributed by atoms with Gasteiger partial charge in [0.1, 0.15) is 6.10 Å². The lowest BCUT2D eigenvalue weighted by atomic mass is 10.1. The first-order valence-corrected chi connectivity index (χ1v) is 6.78. The second-order valence-electron chi connectivity index (χ2n) is 5.30. The fourth-order valence-electron chi connectivity index (χ4n) is 2.40. The van der Waals surface area contributed by atoms with Gasteiger partial charge in [0.25, 0.3) is 0 Å². The number of likely N-dealkylation sites (tertiary alicyclic amines) is 1. The molecular formula is C15H22N2O2. The predicted octanol–water partition coefficient (Wildman–Crippen LogP) is 2.95. The quantitative estimate of drug-likeness (QED) is 0.891. The van der Waals surface area contributed by atoms with Crippen LogP contribution in [0.5, 0.6) is 0 Å². The molecule has 0 atom stereocenters. The zero-order chi connectivity index (χ0) is 13.8. The van der Waals surface area contributed by atoms with Gasteiger partial charge in [-0.05, 0) is 44.9 Å². The Kier molecular flexibility index (Phi) is 4.43. The highest BCUT2D eigenvalue weighted by atomic mass is 16.6. The fraction of sp³-hybridized carbons (Fsp3) is 0.533. The second kappa shape index (κ2) is 6.06. The molecule has 1 fully saturated rings. The number of piperidine rings is 1. The van der Waals surface area contributed by atoms with Crippen LogP contribution in [-0.2, 0) is 4.74 Å². The highest BCUT2D eigenvalue weighted by Gasteiger charge is 2.20. The average molecular weight is 262 g/mol. The van der Waals surface area contributed by atoms with E-state index in [1.807, 2.05) is 32.0 Å². The van der Waals surface area contributed by atoms with Crippen molar-refractivity contribution in [3.63, 3.8) is 0 Å². The standard InChI is InChI=1S/C15H22N2O2/c1-11-5-4-6-12(2)14(11)16-15(18)19-13-7-9-17(3)10-8-13/h4-6,13H,7-10H2,1-3H3,(H,16,18). The number of hydrogen-bond donors (Lipinski definition) is 1. The molecule has 1 saturated heterocycles. The maximum atomic E-state index is 11.9. The van der Waals surface area contributed by atoms with E-state index >= 15 is 0 Å². The Labute approximate surface area is 114 Å². The number of carbonyl (C=O) groups excluding carboxylic acids is 1. The number of rotatable bonds is 2. The van der Waals surface area contributed by atoms with Crippen molar-refractivity contribution < 1.29 is 9.53 Å². The topological polar surface area (TPSA) is 41.6 Å². The number of amides is 1. The Morgan fingerprint density at radius 2 is 1.84 bits per heavy atom. The first-order valence-electron chi connectivity index (χ1n) is 6.78. The Hall–Kier alpha value is -1.55. The number of para-hydroxylation sites is 1. The minimum atomic E-state index is -0.341. The van der Waals surface area contributed by atoms with E-state index in [9.17, 15) is 4.79 Å². The molecule has 4 heteroatoms. The van der Waals surface area contributed by atoms with E-state index in [0.29, 0.717) is 0 Å². The molecule has 0 spiro atoms. The van der Waals surface area contributed by atoms with Crippen LogP contribution in [0.2, 0.25) is 0 Å². The van der Waals surface area contributed by atoms with Gasteiger partial charge in [-0.2, -0.15) is 0 Å². The van der Waals surface area contributed by atoms with E-state index in [2.05, 4.69) is 17.3 Å². The maximum Gasteiger partial charge on any atom is 0.411 e. The Bertz CT molecular complexity index is 431. The highest BCUT2D eigenvalue weighted by molar-refractivity contribution is 5.86. The summed E-state index contributed by atoms with van der Waals surface area (Å²) in [7, 11) is 2.09. The van der Waals surface area contributed by atoms with Crippen LogP contribution in [-0.4, -0.2) is 37.2 Å². The molecule has 2 rings (SSSR count). The third-order valence-electron chi connectivity index (χ3n) is 3.65. The van der Waals surface area contributed by atoms with E-state index in [-0.39, 0.29) is 12.2 Å². The SMILES string of the molecule is Cc1cccc(C)c1NC(=O)OC1CCN(C)CC1. The van der Waals surface area contributed by atoms with E-state index in [4.69, 9.17) is 4.74 Å². The second-order valence-corrected chi connectivity index (χ2v) is 5.30. The third-order valence-corrected chi connectivity index (χ3v) is 3.65. The van der Waals surface area contributed by atoms with E-state index in [1.54, 1.807) is 0 Å². The molecule has 19 heavy (non-hydrogen) atoms. The molecule has 0 unspecified atom stereocenters. The highest BCUT2D eigenvalue weighted by Crippen LogP contribution is 2.20. The monoisotopic (exact) mass is 262 g/mol. The Morgan fingerprint density at radius 3 is 2.42 bits per heavy atom. The van der Waals surface area contributed by atoms with Gasteiger partial charge in [-0.1, -0.05) is 18.2 Å². The van der Waals surface area contributed by atoms with Crippen molar-refractivity contribution in [1.29, 1.82) is 0 Å². The van der Waals surface area contributed by atoms with Gasteiger partial charge in [0.2, 0.25) is 0 Å². The molecule has 4 nitrogen and oxygen atoms in total. The lowest BCUT2D eigenvalue weighted by Gasteiger charge is -2.28. The number of carbonyl (C=O) groups is 1. The van der Waals surface area contributed by atoms with Crippen molar-refractivity contribution in [2.45, 2.75) is 32.8 Å². The van der Waals surface area contributed by atoms with Gasteiger partial charge in [0.15, 0.2) is 0 Å². The van der Waals surface area contributed by atoms with Crippen molar-refractivity contribution in [3.05, 3.63) is 29.3 Å². The van der Waals surface area contributed by atoms with Crippen LogP contribution in [0.15, 0.2) is 18.2 Å². The molecule has 104 valence electrons. The first-order chi connectivity index (χ1) is 9.06. The zero-order valence-electron chi connectivity index (χ0n) is 11.9. The number of benzene rings is 1. The maximum absolute atomic E-state index is 11.9. The minimum Gasteiger partial charge on any atom is -0.446 e. The van der Waals surface area contributed by atoms with Crippen molar-refractivity contribution in [3.8, 4) is 0 Å². The van der Waals surface area contributed by atoms with Gasteiger partial charge < -0.3 is 9.64 Å². The van der Waals surface area contributed by atoms with Crippen LogP contribution >= 0.6 is 0 Å². The van der Waals surface area contributed by atoms with Crippen LogP contribution in [0.1, 0.15) is 24.0 Å². The minimum absolute atomic E-state index is 0.0422. The van der Waals surface area contributed by atoms with E-state index in [1.165, 1.54) is 0 Å². The van der Waals surface area contributed by atoms with Crippen LogP contribution < -0.4 is 5.32 Å². The summed E-state index contributed by atoms with van der Waals surface area (Å²) in [5, 5.41) is 2.86. The molecule has 0 bridgehead atoms. The normalized spacial score (nSPS) is 17.2. The van der Waals surface area contributed by atoms with Crippen LogP contribution in [0.4, 0.5) is 10.5 Å². The van der Waals surface area contributed by atoms with Gasteiger partial charge in [0.05, 0.1) is 0 Å². The van der Waals surface area contributed by atoms with Crippen LogP contribution in [0, 0.1) is 13.8 Å². The van der Waals surface area contributed by atoms with Gasteiger partial charge in [-0.15, -0.1) is 0 Å². The fourth-order valence-corrected chi connectivity index (χ4v) is 2.40. The van der Waals surface area contributed by atoms with E-state index < -0.39 is 0 Å². The Morgan fingerprint density at radius 1 is 1.26 bits per heavy atom. The number of anilines is 1. The summed E-state index contributed by atoms with van der Waals surface area (Å²) in [6, 6.07) is 5.95. The van der Waals surface area contributed by atoms with Crippen molar-refractivity contribution in [2.24, 2.45) is 0 Å². The predicted molar refractivity (Wildman–Crippen MR) is 76.5 cm³/mol. The molecule has 0 saturated carbocycles. The van der Waals surface area contributed by atoms with Gasteiger partial charge >= 0.3 is 6.09 Å². The summed E-state index contributed by atoms with van der Waals surface area (Å²) in [5.41, 5.74) is 2.97. The number of hydrogen-bond acceptors (Lipinski definition) is 3. The molecule has 1 amide bonds. The molecule has 0 aliphatic carbocycles. The summed E-state index contributed by atoms with van der Waals surface area (Å²) in [4.78, 5) is 14.2. The number of ether oxygens (including phenoxy) is 1. The van der Waals surface area contributed by atoms with E-state index in [0.717, 1.165) is 42.7 Å².